The first-order valence-electron chi connectivity index (χ1n) is 10.3. The first-order chi connectivity index (χ1) is 14.7. The predicted molar refractivity (Wildman–Crippen MR) is 124 cm³/mol. The number of fused-ring (bicyclic) bond motifs is 3. The van der Waals surface area contributed by atoms with Crippen molar-refractivity contribution in [3.05, 3.63) is 76.9 Å². The quantitative estimate of drug-likeness (QED) is 0.474. The fourth-order valence-electron chi connectivity index (χ4n) is 4.27. The number of hydrogen-bond acceptors (Lipinski definition) is 3. The summed E-state index contributed by atoms with van der Waals surface area (Å²) in [6.07, 6.45) is 3.77. The molecule has 1 aliphatic heterocycles. The minimum absolute atomic E-state index is 0.0525. The summed E-state index contributed by atoms with van der Waals surface area (Å²) in [6, 6.07) is 20.4. The molecule has 0 radical (unpaired) electrons. The van der Waals surface area contributed by atoms with Crippen LogP contribution in [0.1, 0.15) is 18.4 Å². The molecule has 0 bridgehead atoms. The SMILES string of the molecule is O=C(NCc1cccc(Br)c1)C1CCN(c2nc3ccccc3n3cccc23)CC1. The van der Waals surface area contributed by atoms with Crippen LogP contribution in [0.5, 0.6) is 0 Å². The third kappa shape index (κ3) is 3.67. The highest BCUT2D eigenvalue weighted by Gasteiger charge is 2.26. The minimum Gasteiger partial charge on any atom is -0.355 e. The number of amides is 1. The highest BCUT2D eigenvalue weighted by Crippen LogP contribution is 2.29. The van der Waals surface area contributed by atoms with Gasteiger partial charge in [-0.1, -0.05) is 40.2 Å². The molecule has 1 fully saturated rings. The van der Waals surface area contributed by atoms with Gasteiger partial charge in [0.1, 0.15) is 0 Å². The molecule has 6 heteroatoms. The molecule has 2 aromatic carbocycles. The van der Waals surface area contributed by atoms with E-state index in [0.29, 0.717) is 6.54 Å². The van der Waals surface area contributed by atoms with Crippen LogP contribution in [-0.2, 0) is 11.3 Å². The van der Waals surface area contributed by atoms with E-state index in [1.165, 1.54) is 0 Å². The summed E-state index contributed by atoms with van der Waals surface area (Å²) in [5.74, 6) is 1.21. The standard InChI is InChI=1S/C24H23BrN4O/c25-19-6-3-5-17(15-19)16-26-24(30)18-10-13-28(14-11-18)23-22-9-4-12-29(22)21-8-2-1-7-20(21)27-23/h1-9,12,15,18H,10-11,13-14,16H2,(H,26,30). The molecule has 0 aliphatic carbocycles. The molecule has 1 amide bonds. The number of nitrogens with one attached hydrogen (secondary N) is 1. The van der Waals surface area contributed by atoms with E-state index < -0.39 is 0 Å². The number of aromatic nitrogens is 2. The topological polar surface area (TPSA) is 49.6 Å². The fraction of sp³-hybridized carbons (Fsp3) is 0.250. The Kier molecular flexibility index (Phi) is 5.17. The largest absolute Gasteiger partial charge is 0.355 e. The molecule has 1 saturated heterocycles. The molecule has 2 aromatic heterocycles. The van der Waals surface area contributed by atoms with E-state index in [2.05, 4.69) is 61.0 Å². The second-order valence-corrected chi connectivity index (χ2v) is 8.71. The molecule has 0 unspecified atom stereocenters. The lowest BCUT2D eigenvalue weighted by Gasteiger charge is -2.32. The first kappa shape index (κ1) is 19.1. The summed E-state index contributed by atoms with van der Waals surface area (Å²) in [4.78, 5) is 20.0. The molecule has 0 saturated carbocycles. The molecule has 30 heavy (non-hydrogen) atoms. The van der Waals surface area contributed by atoms with Crippen molar-refractivity contribution in [2.75, 3.05) is 18.0 Å². The Bertz CT molecular complexity index is 1210. The van der Waals surface area contributed by atoms with E-state index in [1.54, 1.807) is 0 Å². The number of benzene rings is 2. The Labute approximate surface area is 183 Å². The molecular formula is C24H23BrN4O. The number of para-hydroxylation sites is 2. The summed E-state index contributed by atoms with van der Waals surface area (Å²) in [7, 11) is 0. The zero-order valence-electron chi connectivity index (χ0n) is 16.6. The van der Waals surface area contributed by atoms with Crippen molar-refractivity contribution in [3.63, 3.8) is 0 Å². The third-order valence-corrected chi connectivity index (χ3v) is 6.36. The summed E-state index contributed by atoms with van der Waals surface area (Å²) in [6.45, 7) is 2.23. The number of nitrogens with zero attached hydrogens (tertiary/aromatic N) is 3. The van der Waals surface area contributed by atoms with Gasteiger partial charge in [-0.3, -0.25) is 4.79 Å². The number of carbonyl (C=O) groups is 1. The van der Waals surface area contributed by atoms with Gasteiger partial charge >= 0.3 is 0 Å². The van der Waals surface area contributed by atoms with Crippen LogP contribution in [0.4, 0.5) is 5.82 Å². The van der Waals surface area contributed by atoms with Crippen molar-refractivity contribution in [2.45, 2.75) is 19.4 Å². The van der Waals surface area contributed by atoms with Gasteiger partial charge in [0.15, 0.2) is 5.82 Å². The van der Waals surface area contributed by atoms with E-state index >= 15 is 0 Å². The van der Waals surface area contributed by atoms with E-state index in [-0.39, 0.29) is 11.8 Å². The number of carbonyl (C=O) groups excluding carboxylic acids is 1. The molecule has 5 nitrogen and oxygen atoms in total. The van der Waals surface area contributed by atoms with Gasteiger partial charge in [0.2, 0.25) is 5.91 Å². The van der Waals surface area contributed by atoms with Crippen LogP contribution in [0.25, 0.3) is 16.6 Å². The van der Waals surface area contributed by atoms with Crippen molar-refractivity contribution in [3.8, 4) is 0 Å². The molecule has 4 aromatic rings. The van der Waals surface area contributed by atoms with Crippen LogP contribution >= 0.6 is 15.9 Å². The molecule has 0 atom stereocenters. The Morgan fingerprint density at radius 3 is 2.67 bits per heavy atom. The van der Waals surface area contributed by atoms with Gasteiger partial charge in [-0.15, -0.1) is 0 Å². The van der Waals surface area contributed by atoms with Gasteiger partial charge in [0.25, 0.3) is 0 Å². The highest BCUT2D eigenvalue weighted by molar-refractivity contribution is 9.10. The van der Waals surface area contributed by atoms with Crippen LogP contribution in [0.3, 0.4) is 0 Å². The predicted octanol–water partition coefficient (Wildman–Crippen LogP) is 4.78. The molecule has 3 heterocycles. The summed E-state index contributed by atoms with van der Waals surface area (Å²) >= 11 is 3.48. The van der Waals surface area contributed by atoms with E-state index in [4.69, 9.17) is 4.98 Å². The Balaban J connectivity index is 1.28. The van der Waals surface area contributed by atoms with Crippen molar-refractivity contribution < 1.29 is 4.79 Å². The molecule has 0 spiro atoms. The molecule has 152 valence electrons. The number of rotatable bonds is 4. The second-order valence-electron chi connectivity index (χ2n) is 7.80. The second kappa shape index (κ2) is 8.11. The summed E-state index contributed by atoms with van der Waals surface area (Å²) in [5.41, 5.74) is 4.32. The first-order valence-corrected chi connectivity index (χ1v) is 11.1. The lowest BCUT2D eigenvalue weighted by Crippen LogP contribution is -2.40. The fourth-order valence-corrected chi connectivity index (χ4v) is 4.72. The lowest BCUT2D eigenvalue weighted by atomic mass is 9.95. The lowest BCUT2D eigenvalue weighted by molar-refractivity contribution is -0.125. The number of halogens is 1. The number of anilines is 1. The zero-order chi connectivity index (χ0) is 20.5. The Morgan fingerprint density at radius 1 is 1.03 bits per heavy atom. The Hall–Kier alpha value is -2.86. The van der Waals surface area contributed by atoms with Crippen molar-refractivity contribution in [2.24, 2.45) is 5.92 Å². The van der Waals surface area contributed by atoms with Gasteiger partial charge in [0, 0.05) is 36.2 Å². The number of piperidine rings is 1. The van der Waals surface area contributed by atoms with Gasteiger partial charge in [-0.25, -0.2) is 4.98 Å². The maximum absolute atomic E-state index is 12.7. The summed E-state index contributed by atoms with van der Waals surface area (Å²) < 4.78 is 3.23. The average molecular weight is 463 g/mol. The van der Waals surface area contributed by atoms with Gasteiger partial charge in [-0.2, -0.15) is 0 Å². The van der Waals surface area contributed by atoms with Crippen LogP contribution in [0, 0.1) is 5.92 Å². The molecular weight excluding hydrogens is 440 g/mol. The van der Waals surface area contributed by atoms with Crippen molar-refractivity contribution in [1.29, 1.82) is 0 Å². The van der Waals surface area contributed by atoms with E-state index in [0.717, 1.165) is 58.3 Å². The highest BCUT2D eigenvalue weighted by atomic mass is 79.9. The van der Waals surface area contributed by atoms with Crippen LogP contribution < -0.4 is 10.2 Å². The van der Waals surface area contributed by atoms with Crippen molar-refractivity contribution >= 4 is 44.2 Å². The van der Waals surface area contributed by atoms with E-state index in [9.17, 15) is 4.79 Å². The maximum Gasteiger partial charge on any atom is 0.223 e. The zero-order valence-corrected chi connectivity index (χ0v) is 18.2. The third-order valence-electron chi connectivity index (χ3n) is 5.87. The average Bonchev–Trinajstić information content (AvgIpc) is 3.27. The molecule has 1 aliphatic rings. The van der Waals surface area contributed by atoms with Gasteiger partial charge in [-0.05, 0) is 54.8 Å². The minimum atomic E-state index is 0.0525. The monoisotopic (exact) mass is 462 g/mol. The van der Waals surface area contributed by atoms with Crippen molar-refractivity contribution in [1.82, 2.24) is 14.7 Å². The number of hydrogen-bond donors (Lipinski definition) is 1. The smallest absolute Gasteiger partial charge is 0.223 e. The maximum atomic E-state index is 12.7. The van der Waals surface area contributed by atoms with Crippen LogP contribution in [0.2, 0.25) is 0 Å². The van der Waals surface area contributed by atoms with Crippen LogP contribution in [-0.4, -0.2) is 28.4 Å². The van der Waals surface area contributed by atoms with Gasteiger partial charge in [0.05, 0.1) is 16.6 Å². The molecule has 5 rings (SSSR count). The Morgan fingerprint density at radius 2 is 1.83 bits per heavy atom. The van der Waals surface area contributed by atoms with Gasteiger partial charge < -0.3 is 14.6 Å². The van der Waals surface area contributed by atoms with Crippen LogP contribution in [0.15, 0.2) is 71.3 Å². The van der Waals surface area contributed by atoms with E-state index in [1.807, 2.05) is 36.4 Å². The molecule has 1 N–H and O–H groups in total. The normalized spacial score (nSPS) is 15.0. The summed E-state index contributed by atoms with van der Waals surface area (Å²) in [5, 5.41) is 3.10.